The van der Waals surface area contributed by atoms with Crippen molar-refractivity contribution in [3.05, 3.63) is 59.7 Å². The summed E-state index contributed by atoms with van der Waals surface area (Å²) in [6, 6.07) is 14.2. The highest BCUT2D eigenvalue weighted by Crippen LogP contribution is 2.22. The van der Waals surface area contributed by atoms with Gasteiger partial charge in [-0.25, -0.2) is 0 Å². The van der Waals surface area contributed by atoms with Gasteiger partial charge in [0.25, 0.3) is 5.91 Å². The largest absolute Gasteiger partial charge is 0.497 e. The van der Waals surface area contributed by atoms with Gasteiger partial charge in [-0.1, -0.05) is 18.2 Å². The molecule has 1 unspecified atom stereocenters. The lowest BCUT2D eigenvalue weighted by Gasteiger charge is -2.19. The van der Waals surface area contributed by atoms with Crippen LogP contribution in [0.1, 0.15) is 42.2 Å². The zero-order valence-corrected chi connectivity index (χ0v) is 16.1. The third-order valence-corrected chi connectivity index (χ3v) is 4.00. The molecule has 0 radical (unpaired) electrons. The van der Waals surface area contributed by atoms with Gasteiger partial charge in [0.05, 0.1) is 26.7 Å². The number of carbonyl (C=O) groups is 2. The average Bonchev–Trinajstić information content (AvgIpc) is 2.67. The van der Waals surface area contributed by atoms with E-state index in [4.69, 9.17) is 9.47 Å². The van der Waals surface area contributed by atoms with Crippen molar-refractivity contribution in [3.8, 4) is 5.75 Å². The molecular formula is C21H26N2O4. The molecule has 0 fully saturated rings. The Morgan fingerprint density at radius 2 is 1.74 bits per heavy atom. The first-order valence-corrected chi connectivity index (χ1v) is 8.81. The molecule has 0 saturated carbocycles. The molecule has 2 rings (SSSR count). The number of hydrogen-bond acceptors (Lipinski definition) is 5. The van der Waals surface area contributed by atoms with Gasteiger partial charge in [-0.2, -0.15) is 0 Å². The second-order valence-corrected chi connectivity index (χ2v) is 6.46. The van der Waals surface area contributed by atoms with Crippen LogP contribution in [0.4, 0.5) is 5.69 Å². The molecule has 6 heteroatoms. The fraction of sp³-hybridized carbons (Fsp3) is 0.333. The number of amides is 1. The van der Waals surface area contributed by atoms with Crippen LogP contribution in [0.2, 0.25) is 0 Å². The second kappa shape index (κ2) is 9.62. The van der Waals surface area contributed by atoms with E-state index in [2.05, 4.69) is 10.6 Å². The molecule has 0 bridgehead atoms. The van der Waals surface area contributed by atoms with Crippen LogP contribution in [-0.4, -0.2) is 32.1 Å². The minimum Gasteiger partial charge on any atom is -0.497 e. The summed E-state index contributed by atoms with van der Waals surface area (Å²) in [7, 11) is 2.91. The fourth-order valence-electron chi connectivity index (χ4n) is 2.66. The summed E-state index contributed by atoms with van der Waals surface area (Å²) in [5.74, 6) is 0.0489. The summed E-state index contributed by atoms with van der Waals surface area (Å²) in [5.41, 5.74) is 2.18. The first kappa shape index (κ1) is 20.3. The van der Waals surface area contributed by atoms with E-state index in [1.54, 1.807) is 31.4 Å². The Balaban J connectivity index is 2.20. The van der Waals surface area contributed by atoms with Crippen LogP contribution >= 0.6 is 0 Å². The van der Waals surface area contributed by atoms with E-state index in [1.165, 1.54) is 7.11 Å². The number of carbonyl (C=O) groups excluding carboxylic acids is 2. The summed E-state index contributed by atoms with van der Waals surface area (Å²) in [4.78, 5) is 24.5. The van der Waals surface area contributed by atoms with Gasteiger partial charge in [-0.3, -0.25) is 9.59 Å². The predicted molar refractivity (Wildman–Crippen MR) is 105 cm³/mol. The molecule has 2 aromatic carbocycles. The Labute approximate surface area is 159 Å². The van der Waals surface area contributed by atoms with E-state index >= 15 is 0 Å². The molecule has 0 aliphatic rings. The highest BCUT2D eigenvalue weighted by molar-refractivity contribution is 5.95. The zero-order valence-electron chi connectivity index (χ0n) is 16.1. The van der Waals surface area contributed by atoms with Crippen LogP contribution in [0.3, 0.4) is 0 Å². The number of benzene rings is 2. The Hall–Kier alpha value is -3.02. The summed E-state index contributed by atoms with van der Waals surface area (Å²) in [6.07, 6.45) is 0.0402. The Kier molecular flexibility index (Phi) is 7.23. The minimum atomic E-state index is -0.502. The van der Waals surface area contributed by atoms with Gasteiger partial charge in [0.2, 0.25) is 0 Å². The molecule has 0 aromatic heterocycles. The lowest BCUT2D eigenvalue weighted by Crippen LogP contribution is -2.30. The molecule has 0 aliphatic heterocycles. The molecule has 1 amide bonds. The van der Waals surface area contributed by atoms with Gasteiger partial charge in [-0.05, 0) is 49.7 Å². The molecule has 1 atom stereocenters. The predicted octanol–water partition coefficient (Wildman–Crippen LogP) is 3.55. The van der Waals surface area contributed by atoms with Gasteiger partial charge >= 0.3 is 5.97 Å². The summed E-state index contributed by atoms with van der Waals surface area (Å²) in [6.45, 7) is 4.06. The number of nitrogens with one attached hydrogen (secondary N) is 2. The molecule has 0 heterocycles. The fourth-order valence-corrected chi connectivity index (χ4v) is 2.66. The molecule has 2 N–H and O–H groups in total. The third kappa shape index (κ3) is 6.02. The highest BCUT2D eigenvalue weighted by atomic mass is 16.5. The normalized spacial score (nSPS) is 11.6. The maximum Gasteiger partial charge on any atom is 0.307 e. The van der Waals surface area contributed by atoms with Crippen LogP contribution in [0, 0.1) is 0 Å². The SMILES string of the molecule is COC(=O)CC(NC(=O)c1cccc(NC(C)C)c1)c1ccc(OC)cc1. The maximum absolute atomic E-state index is 12.7. The van der Waals surface area contributed by atoms with Gasteiger partial charge in [0.15, 0.2) is 0 Å². The van der Waals surface area contributed by atoms with E-state index in [0.717, 1.165) is 11.3 Å². The lowest BCUT2D eigenvalue weighted by molar-refractivity contribution is -0.141. The molecule has 6 nitrogen and oxygen atoms in total. The first-order valence-electron chi connectivity index (χ1n) is 8.81. The van der Waals surface area contributed by atoms with Crippen LogP contribution in [0.15, 0.2) is 48.5 Å². The summed E-state index contributed by atoms with van der Waals surface area (Å²) < 4.78 is 9.93. The van der Waals surface area contributed by atoms with Crippen LogP contribution < -0.4 is 15.4 Å². The standard InChI is InChI=1S/C21H26N2O4/c1-14(2)22-17-7-5-6-16(12-17)21(25)23-19(13-20(24)27-4)15-8-10-18(26-3)11-9-15/h5-12,14,19,22H,13H2,1-4H3,(H,23,25). The van der Waals surface area contributed by atoms with Crippen molar-refractivity contribution in [2.45, 2.75) is 32.4 Å². The number of hydrogen-bond donors (Lipinski definition) is 2. The van der Waals surface area contributed by atoms with E-state index in [0.29, 0.717) is 11.3 Å². The average molecular weight is 370 g/mol. The van der Waals surface area contributed by atoms with E-state index in [-0.39, 0.29) is 18.4 Å². The first-order chi connectivity index (χ1) is 12.9. The van der Waals surface area contributed by atoms with Gasteiger partial charge in [-0.15, -0.1) is 0 Å². The van der Waals surface area contributed by atoms with Crippen molar-refractivity contribution < 1.29 is 19.1 Å². The maximum atomic E-state index is 12.7. The summed E-state index contributed by atoms with van der Waals surface area (Å²) >= 11 is 0. The number of methoxy groups -OCH3 is 2. The van der Waals surface area contributed by atoms with Crippen molar-refractivity contribution in [3.63, 3.8) is 0 Å². The zero-order chi connectivity index (χ0) is 19.8. The number of anilines is 1. The molecule has 0 aliphatic carbocycles. The molecule has 27 heavy (non-hydrogen) atoms. The molecule has 2 aromatic rings. The van der Waals surface area contributed by atoms with Crippen LogP contribution in [-0.2, 0) is 9.53 Å². The molecule has 144 valence electrons. The quantitative estimate of drug-likeness (QED) is 0.695. The van der Waals surface area contributed by atoms with Crippen molar-refractivity contribution in [1.82, 2.24) is 5.32 Å². The molecule has 0 saturated heterocycles. The summed E-state index contributed by atoms with van der Waals surface area (Å²) in [5, 5.41) is 6.20. The van der Waals surface area contributed by atoms with Crippen molar-refractivity contribution >= 4 is 17.6 Å². The molecule has 0 spiro atoms. The second-order valence-electron chi connectivity index (χ2n) is 6.46. The van der Waals surface area contributed by atoms with Gasteiger partial charge in [0.1, 0.15) is 5.75 Å². The van der Waals surface area contributed by atoms with E-state index < -0.39 is 12.0 Å². The van der Waals surface area contributed by atoms with E-state index in [1.807, 2.05) is 38.1 Å². The van der Waals surface area contributed by atoms with E-state index in [9.17, 15) is 9.59 Å². The Morgan fingerprint density at radius 3 is 2.33 bits per heavy atom. The van der Waals surface area contributed by atoms with Crippen LogP contribution in [0.5, 0.6) is 5.75 Å². The molecular weight excluding hydrogens is 344 g/mol. The topological polar surface area (TPSA) is 76.7 Å². The van der Waals surface area contributed by atoms with Crippen molar-refractivity contribution in [1.29, 1.82) is 0 Å². The Morgan fingerprint density at radius 1 is 1.04 bits per heavy atom. The van der Waals surface area contributed by atoms with Crippen molar-refractivity contribution in [2.75, 3.05) is 19.5 Å². The number of esters is 1. The van der Waals surface area contributed by atoms with Crippen LogP contribution in [0.25, 0.3) is 0 Å². The number of ether oxygens (including phenoxy) is 2. The van der Waals surface area contributed by atoms with Crippen molar-refractivity contribution in [2.24, 2.45) is 0 Å². The Bertz CT molecular complexity index is 772. The van der Waals surface area contributed by atoms with Gasteiger partial charge in [0, 0.05) is 17.3 Å². The third-order valence-electron chi connectivity index (χ3n) is 4.00. The smallest absolute Gasteiger partial charge is 0.307 e. The lowest BCUT2D eigenvalue weighted by atomic mass is 10.0. The monoisotopic (exact) mass is 370 g/mol. The number of rotatable bonds is 8. The minimum absolute atomic E-state index is 0.0402. The highest BCUT2D eigenvalue weighted by Gasteiger charge is 2.20. The van der Waals surface area contributed by atoms with Gasteiger partial charge < -0.3 is 20.1 Å².